The molecule has 1 unspecified atom stereocenters. The Bertz CT molecular complexity index is 485. The van der Waals surface area contributed by atoms with Crippen LogP contribution >= 0.6 is 15.9 Å². The van der Waals surface area contributed by atoms with E-state index >= 15 is 0 Å². The monoisotopic (exact) mass is 280 g/mol. The van der Waals surface area contributed by atoms with Crippen LogP contribution in [0.1, 0.15) is 17.2 Å². The van der Waals surface area contributed by atoms with Gasteiger partial charge in [-0.25, -0.2) is 4.39 Å². The van der Waals surface area contributed by atoms with Gasteiger partial charge >= 0.3 is 0 Å². The van der Waals surface area contributed by atoms with Gasteiger partial charge in [-0.3, -0.25) is 0 Å². The van der Waals surface area contributed by atoms with Gasteiger partial charge in [0.15, 0.2) is 0 Å². The van der Waals surface area contributed by atoms with E-state index in [1.165, 1.54) is 6.07 Å². The predicted octanol–water partition coefficient (Wildman–Crippen LogP) is 3.67. The Hall–Kier alpha value is -1.19. The lowest BCUT2D eigenvalue weighted by molar-refractivity contribution is 0.215. The molecule has 2 aromatic rings. The molecule has 3 heteroatoms. The van der Waals surface area contributed by atoms with Crippen molar-refractivity contribution in [3.63, 3.8) is 0 Å². The first-order valence-corrected chi connectivity index (χ1v) is 5.66. The number of hydrogen-bond acceptors (Lipinski definition) is 1. The summed E-state index contributed by atoms with van der Waals surface area (Å²) in [5, 5.41) is 10.0. The van der Waals surface area contributed by atoms with Gasteiger partial charge in [0.05, 0.1) is 0 Å². The maximum absolute atomic E-state index is 13.6. The van der Waals surface area contributed by atoms with E-state index in [9.17, 15) is 9.50 Å². The van der Waals surface area contributed by atoms with Crippen molar-refractivity contribution in [2.75, 3.05) is 0 Å². The van der Waals surface area contributed by atoms with Crippen LogP contribution in [0.2, 0.25) is 0 Å². The minimum Gasteiger partial charge on any atom is -0.384 e. The molecule has 0 spiro atoms. The Labute approximate surface area is 102 Å². The summed E-state index contributed by atoms with van der Waals surface area (Å²) < 4.78 is 14.3. The average molecular weight is 281 g/mol. The van der Waals surface area contributed by atoms with Crippen molar-refractivity contribution in [1.29, 1.82) is 0 Å². The Morgan fingerprint density at radius 3 is 2.38 bits per heavy atom. The van der Waals surface area contributed by atoms with Crippen LogP contribution in [-0.2, 0) is 0 Å². The molecule has 1 atom stereocenters. The minimum absolute atomic E-state index is 0.286. The smallest absolute Gasteiger partial charge is 0.130 e. The first kappa shape index (κ1) is 11.3. The first-order valence-electron chi connectivity index (χ1n) is 4.86. The molecular weight excluding hydrogens is 271 g/mol. The van der Waals surface area contributed by atoms with Crippen LogP contribution in [0.4, 0.5) is 4.39 Å². The van der Waals surface area contributed by atoms with Crippen molar-refractivity contribution in [2.24, 2.45) is 0 Å². The van der Waals surface area contributed by atoms with E-state index in [0.29, 0.717) is 10.0 Å². The van der Waals surface area contributed by atoms with Crippen molar-refractivity contribution >= 4 is 15.9 Å². The average Bonchev–Trinajstić information content (AvgIpc) is 2.29. The zero-order valence-corrected chi connectivity index (χ0v) is 9.99. The van der Waals surface area contributed by atoms with E-state index in [-0.39, 0.29) is 5.56 Å². The Kier molecular flexibility index (Phi) is 3.36. The number of halogens is 2. The van der Waals surface area contributed by atoms with Gasteiger partial charge in [0.1, 0.15) is 11.9 Å². The second-order valence-electron chi connectivity index (χ2n) is 3.48. The lowest BCUT2D eigenvalue weighted by Crippen LogP contribution is -2.02. The Morgan fingerprint density at radius 1 is 1.06 bits per heavy atom. The third kappa shape index (κ3) is 2.31. The second-order valence-corrected chi connectivity index (χ2v) is 4.39. The van der Waals surface area contributed by atoms with Gasteiger partial charge in [0.2, 0.25) is 0 Å². The first-order chi connectivity index (χ1) is 7.68. The van der Waals surface area contributed by atoms with Gasteiger partial charge in [0.25, 0.3) is 0 Å². The fourth-order valence-corrected chi connectivity index (χ4v) is 1.87. The van der Waals surface area contributed by atoms with E-state index in [1.54, 1.807) is 24.3 Å². The molecule has 2 rings (SSSR count). The molecule has 0 radical (unpaired) electrons. The zero-order valence-electron chi connectivity index (χ0n) is 8.40. The summed E-state index contributed by atoms with van der Waals surface area (Å²) in [7, 11) is 0. The van der Waals surface area contributed by atoms with Crippen molar-refractivity contribution in [3.05, 3.63) is 69.9 Å². The number of hydrogen-bond donors (Lipinski definition) is 1. The highest BCUT2D eigenvalue weighted by Gasteiger charge is 2.14. The molecule has 16 heavy (non-hydrogen) atoms. The molecule has 0 aliphatic carbocycles. The topological polar surface area (TPSA) is 20.2 Å². The quantitative estimate of drug-likeness (QED) is 0.890. The van der Waals surface area contributed by atoms with Crippen molar-refractivity contribution < 1.29 is 9.50 Å². The largest absolute Gasteiger partial charge is 0.384 e. The van der Waals surface area contributed by atoms with Gasteiger partial charge < -0.3 is 5.11 Å². The van der Waals surface area contributed by atoms with E-state index in [0.717, 1.165) is 0 Å². The third-order valence-corrected chi connectivity index (χ3v) is 2.87. The van der Waals surface area contributed by atoms with E-state index in [4.69, 9.17) is 0 Å². The minimum atomic E-state index is -0.922. The van der Waals surface area contributed by atoms with Gasteiger partial charge in [-0.2, -0.15) is 0 Å². The summed E-state index contributed by atoms with van der Waals surface area (Å²) in [4.78, 5) is 0. The van der Waals surface area contributed by atoms with Crippen LogP contribution in [0, 0.1) is 5.82 Å². The van der Waals surface area contributed by atoms with Crippen LogP contribution in [0.25, 0.3) is 0 Å². The fourth-order valence-electron chi connectivity index (χ4n) is 1.54. The summed E-state index contributed by atoms with van der Waals surface area (Å²) in [5.41, 5.74) is 0.970. The second kappa shape index (κ2) is 4.76. The molecule has 0 aliphatic heterocycles. The third-order valence-electron chi connectivity index (χ3n) is 2.37. The molecule has 0 aliphatic rings. The molecule has 82 valence electrons. The predicted molar refractivity (Wildman–Crippen MR) is 64.6 cm³/mol. The SMILES string of the molecule is OC(c1ccccc1)c1ccc(Br)cc1F. The Morgan fingerprint density at radius 2 is 1.75 bits per heavy atom. The lowest BCUT2D eigenvalue weighted by Gasteiger charge is -2.12. The summed E-state index contributed by atoms with van der Waals surface area (Å²) in [6.07, 6.45) is -0.922. The summed E-state index contributed by atoms with van der Waals surface area (Å²) >= 11 is 3.18. The molecule has 0 heterocycles. The molecule has 0 saturated carbocycles. The fraction of sp³-hybridized carbons (Fsp3) is 0.0769. The van der Waals surface area contributed by atoms with Crippen LogP contribution < -0.4 is 0 Å². The summed E-state index contributed by atoms with van der Waals surface area (Å²) in [5.74, 6) is -0.411. The number of aliphatic hydroxyl groups excluding tert-OH is 1. The molecule has 2 aromatic carbocycles. The maximum Gasteiger partial charge on any atom is 0.130 e. The van der Waals surface area contributed by atoms with Crippen LogP contribution in [0.5, 0.6) is 0 Å². The number of benzene rings is 2. The van der Waals surface area contributed by atoms with Crippen molar-refractivity contribution in [2.45, 2.75) is 6.10 Å². The normalized spacial score (nSPS) is 12.4. The molecule has 1 N–H and O–H groups in total. The summed E-state index contributed by atoms with van der Waals surface area (Å²) in [6.45, 7) is 0. The van der Waals surface area contributed by atoms with Gasteiger partial charge in [-0.15, -0.1) is 0 Å². The molecule has 0 fully saturated rings. The van der Waals surface area contributed by atoms with Crippen molar-refractivity contribution in [1.82, 2.24) is 0 Å². The molecule has 0 saturated heterocycles. The zero-order chi connectivity index (χ0) is 11.5. The van der Waals surface area contributed by atoms with Gasteiger partial charge in [-0.05, 0) is 17.7 Å². The van der Waals surface area contributed by atoms with Crippen LogP contribution in [0.3, 0.4) is 0 Å². The molecular formula is C13H10BrFO. The highest BCUT2D eigenvalue weighted by atomic mass is 79.9. The number of rotatable bonds is 2. The molecule has 0 aromatic heterocycles. The Balaban J connectivity index is 2.38. The summed E-state index contributed by atoms with van der Waals surface area (Å²) in [6, 6.07) is 13.7. The highest BCUT2D eigenvalue weighted by Crippen LogP contribution is 2.25. The maximum atomic E-state index is 13.6. The van der Waals surface area contributed by atoms with Gasteiger partial charge in [-0.1, -0.05) is 52.3 Å². The highest BCUT2D eigenvalue weighted by molar-refractivity contribution is 9.10. The van der Waals surface area contributed by atoms with E-state index < -0.39 is 11.9 Å². The van der Waals surface area contributed by atoms with E-state index in [1.807, 2.05) is 18.2 Å². The number of aliphatic hydroxyl groups is 1. The van der Waals surface area contributed by atoms with Gasteiger partial charge in [0, 0.05) is 10.0 Å². The standard InChI is InChI=1S/C13H10BrFO/c14-10-6-7-11(12(15)8-10)13(16)9-4-2-1-3-5-9/h1-8,13,16H. The van der Waals surface area contributed by atoms with E-state index in [2.05, 4.69) is 15.9 Å². The lowest BCUT2D eigenvalue weighted by atomic mass is 10.0. The van der Waals surface area contributed by atoms with Crippen molar-refractivity contribution in [3.8, 4) is 0 Å². The molecule has 0 amide bonds. The molecule has 1 nitrogen and oxygen atoms in total. The van der Waals surface area contributed by atoms with Crippen LogP contribution in [0.15, 0.2) is 53.0 Å². The molecule has 0 bridgehead atoms. The van der Waals surface area contributed by atoms with Crippen LogP contribution in [-0.4, -0.2) is 5.11 Å².